The highest BCUT2D eigenvalue weighted by atomic mass is 16.4. The Morgan fingerprint density at radius 2 is 2.05 bits per heavy atom. The lowest BCUT2D eigenvalue weighted by atomic mass is 9.61. The van der Waals surface area contributed by atoms with E-state index in [9.17, 15) is 9.59 Å². The minimum atomic E-state index is -0.957. The molecule has 1 fully saturated rings. The van der Waals surface area contributed by atoms with Crippen molar-refractivity contribution in [2.75, 3.05) is 20.1 Å². The molecule has 0 aliphatic heterocycles. The summed E-state index contributed by atoms with van der Waals surface area (Å²) in [7, 11) is 1.56. The molecule has 0 unspecified atom stereocenters. The molecule has 1 saturated carbocycles. The zero-order valence-corrected chi connectivity index (χ0v) is 13.2. The van der Waals surface area contributed by atoms with Gasteiger partial charge in [0.1, 0.15) is 5.41 Å². The molecule has 0 saturated heterocycles. The number of amidine groups is 1. The Kier molecular flexibility index (Phi) is 5.57. The predicted octanol–water partition coefficient (Wildman–Crippen LogP) is 0.380. The molecule has 21 heavy (non-hydrogen) atoms. The van der Waals surface area contributed by atoms with E-state index in [1.807, 2.05) is 20.8 Å². The molecule has 1 rings (SSSR count). The molecular formula is C14H26N4O3. The molecule has 4 N–H and O–H groups in total. The van der Waals surface area contributed by atoms with Crippen LogP contribution in [0.4, 0.5) is 0 Å². The molecule has 0 heterocycles. The van der Waals surface area contributed by atoms with Gasteiger partial charge < -0.3 is 21.2 Å². The minimum absolute atomic E-state index is 0.0274. The number of carbonyl (C=O) groups is 2. The second-order valence-electron chi connectivity index (χ2n) is 6.44. The highest BCUT2D eigenvalue weighted by molar-refractivity contribution is 6.08. The minimum Gasteiger partial charge on any atom is -0.409 e. The second kappa shape index (κ2) is 6.78. The SMILES string of the molecule is CC(C)CNC(=O)CN(C)C(=O)C1(C(N)=NO)CC(C)C1. The molecular weight excluding hydrogens is 272 g/mol. The Balaban J connectivity index is 2.66. The molecule has 7 heteroatoms. The maximum Gasteiger partial charge on any atom is 0.239 e. The van der Waals surface area contributed by atoms with E-state index in [2.05, 4.69) is 10.5 Å². The standard InChI is InChI=1S/C14H26N4O3/c1-9(2)7-16-11(19)8-18(4)13(20)14(12(15)17-21)5-10(3)6-14/h9-10,21H,5-8H2,1-4H3,(H2,15,17)(H,16,19). The van der Waals surface area contributed by atoms with Gasteiger partial charge in [-0.1, -0.05) is 25.9 Å². The number of amides is 2. The third-order valence-corrected chi connectivity index (χ3v) is 3.84. The van der Waals surface area contributed by atoms with Crippen LogP contribution in [0.5, 0.6) is 0 Å². The first kappa shape index (κ1) is 17.3. The van der Waals surface area contributed by atoms with Gasteiger partial charge in [0, 0.05) is 13.6 Å². The van der Waals surface area contributed by atoms with Crippen molar-refractivity contribution < 1.29 is 14.8 Å². The smallest absolute Gasteiger partial charge is 0.239 e. The van der Waals surface area contributed by atoms with E-state index in [0.717, 1.165) is 0 Å². The van der Waals surface area contributed by atoms with Gasteiger partial charge in [0.15, 0.2) is 5.84 Å². The molecule has 0 spiro atoms. The summed E-state index contributed by atoms with van der Waals surface area (Å²) >= 11 is 0. The first-order valence-electron chi connectivity index (χ1n) is 7.23. The average molecular weight is 298 g/mol. The van der Waals surface area contributed by atoms with E-state index in [4.69, 9.17) is 10.9 Å². The fraction of sp³-hybridized carbons (Fsp3) is 0.786. The van der Waals surface area contributed by atoms with Crippen molar-refractivity contribution in [3.05, 3.63) is 0 Å². The van der Waals surface area contributed by atoms with Crippen LogP contribution >= 0.6 is 0 Å². The normalized spacial score (nSPS) is 25.4. The van der Waals surface area contributed by atoms with Crippen molar-refractivity contribution in [3.8, 4) is 0 Å². The zero-order valence-electron chi connectivity index (χ0n) is 13.2. The van der Waals surface area contributed by atoms with Crippen molar-refractivity contribution in [2.24, 2.45) is 28.1 Å². The first-order valence-corrected chi connectivity index (χ1v) is 7.23. The van der Waals surface area contributed by atoms with E-state index in [0.29, 0.717) is 31.2 Å². The first-order chi connectivity index (χ1) is 9.72. The summed E-state index contributed by atoms with van der Waals surface area (Å²) in [4.78, 5) is 25.7. The van der Waals surface area contributed by atoms with Crippen molar-refractivity contribution >= 4 is 17.6 Å². The Hall–Kier alpha value is -1.79. The quantitative estimate of drug-likeness (QED) is 0.285. The molecule has 0 aromatic heterocycles. The van der Waals surface area contributed by atoms with Crippen molar-refractivity contribution in [1.82, 2.24) is 10.2 Å². The number of hydrogen-bond acceptors (Lipinski definition) is 4. The summed E-state index contributed by atoms with van der Waals surface area (Å²) in [6.45, 7) is 6.55. The summed E-state index contributed by atoms with van der Waals surface area (Å²) in [6.07, 6.45) is 1.08. The van der Waals surface area contributed by atoms with E-state index in [-0.39, 0.29) is 24.2 Å². The highest BCUT2D eigenvalue weighted by Crippen LogP contribution is 2.46. The van der Waals surface area contributed by atoms with Crippen molar-refractivity contribution in [3.63, 3.8) is 0 Å². The lowest BCUT2D eigenvalue weighted by Crippen LogP contribution is -2.58. The van der Waals surface area contributed by atoms with E-state index < -0.39 is 5.41 Å². The summed E-state index contributed by atoms with van der Waals surface area (Å²) in [5, 5.41) is 14.7. The topological polar surface area (TPSA) is 108 Å². The molecule has 120 valence electrons. The summed E-state index contributed by atoms with van der Waals surface area (Å²) in [6, 6.07) is 0. The number of nitrogens with two attached hydrogens (primary N) is 1. The van der Waals surface area contributed by atoms with Gasteiger partial charge in [-0.2, -0.15) is 0 Å². The summed E-state index contributed by atoms with van der Waals surface area (Å²) in [5.74, 6) is 0.153. The van der Waals surface area contributed by atoms with Crippen LogP contribution in [0, 0.1) is 17.3 Å². The number of rotatable bonds is 6. The van der Waals surface area contributed by atoms with Crippen LogP contribution in [0.3, 0.4) is 0 Å². The highest BCUT2D eigenvalue weighted by Gasteiger charge is 2.53. The number of carbonyl (C=O) groups excluding carboxylic acids is 2. The molecule has 0 bridgehead atoms. The monoisotopic (exact) mass is 298 g/mol. The maximum absolute atomic E-state index is 12.5. The Morgan fingerprint density at radius 3 is 2.48 bits per heavy atom. The largest absolute Gasteiger partial charge is 0.409 e. The molecule has 1 aliphatic rings. The lowest BCUT2D eigenvalue weighted by molar-refractivity contribution is -0.145. The number of nitrogens with zero attached hydrogens (tertiary/aromatic N) is 2. The molecule has 2 amide bonds. The zero-order chi connectivity index (χ0) is 16.2. The van der Waals surface area contributed by atoms with Gasteiger partial charge >= 0.3 is 0 Å². The van der Waals surface area contributed by atoms with Crippen LogP contribution in [-0.2, 0) is 9.59 Å². The summed E-state index contributed by atoms with van der Waals surface area (Å²) in [5.41, 5.74) is 4.74. The van der Waals surface area contributed by atoms with Gasteiger partial charge in [-0.3, -0.25) is 9.59 Å². The number of likely N-dealkylation sites (N-methyl/N-ethyl adjacent to an activating group) is 1. The fourth-order valence-electron chi connectivity index (χ4n) is 2.75. The van der Waals surface area contributed by atoms with Crippen LogP contribution in [0.1, 0.15) is 33.6 Å². The Bertz CT molecular complexity index is 428. The Labute approximate surface area is 125 Å². The van der Waals surface area contributed by atoms with Gasteiger partial charge in [-0.25, -0.2) is 0 Å². The molecule has 0 aromatic rings. The van der Waals surface area contributed by atoms with Gasteiger partial charge in [0.2, 0.25) is 11.8 Å². The molecule has 0 radical (unpaired) electrons. The molecule has 0 aromatic carbocycles. The third kappa shape index (κ3) is 3.86. The molecule has 7 nitrogen and oxygen atoms in total. The molecule has 1 aliphatic carbocycles. The van der Waals surface area contributed by atoms with Crippen molar-refractivity contribution in [1.29, 1.82) is 0 Å². The summed E-state index contributed by atoms with van der Waals surface area (Å²) < 4.78 is 0. The van der Waals surface area contributed by atoms with Crippen molar-refractivity contribution in [2.45, 2.75) is 33.6 Å². The van der Waals surface area contributed by atoms with E-state index in [1.165, 1.54) is 4.90 Å². The van der Waals surface area contributed by atoms with Crippen LogP contribution in [0.25, 0.3) is 0 Å². The third-order valence-electron chi connectivity index (χ3n) is 3.84. The van der Waals surface area contributed by atoms with Crippen LogP contribution in [-0.4, -0.2) is 47.9 Å². The number of nitrogens with one attached hydrogen (secondary N) is 1. The fourth-order valence-corrected chi connectivity index (χ4v) is 2.75. The Morgan fingerprint density at radius 1 is 1.48 bits per heavy atom. The van der Waals surface area contributed by atoms with E-state index in [1.54, 1.807) is 7.05 Å². The maximum atomic E-state index is 12.5. The van der Waals surface area contributed by atoms with Gasteiger partial charge in [-0.05, 0) is 24.7 Å². The van der Waals surface area contributed by atoms with Crippen LogP contribution in [0.15, 0.2) is 5.16 Å². The number of hydrogen-bond donors (Lipinski definition) is 3. The average Bonchev–Trinajstić information content (AvgIpc) is 2.39. The van der Waals surface area contributed by atoms with Crippen LogP contribution in [0.2, 0.25) is 0 Å². The van der Waals surface area contributed by atoms with Gasteiger partial charge in [-0.15, -0.1) is 0 Å². The second-order valence-corrected chi connectivity index (χ2v) is 6.44. The van der Waals surface area contributed by atoms with Gasteiger partial charge in [0.25, 0.3) is 0 Å². The molecule has 0 atom stereocenters. The van der Waals surface area contributed by atoms with E-state index >= 15 is 0 Å². The predicted molar refractivity (Wildman–Crippen MR) is 79.7 cm³/mol. The lowest BCUT2D eigenvalue weighted by Gasteiger charge is -2.45. The van der Waals surface area contributed by atoms with Gasteiger partial charge in [0.05, 0.1) is 6.54 Å². The number of oxime groups is 1. The van der Waals surface area contributed by atoms with Crippen LogP contribution < -0.4 is 11.1 Å².